The largest absolute Gasteiger partial charge is 0.475 e. The molecule has 3 N–H and O–H groups in total. The van der Waals surface area contributed by atoms with E-state index in [4.69, 9.17) is 27.8 Å². The first-order valence-corrected chi connectivity index (χ1v) is 38.4. The molecule has 0 heterocycles. The van der Waals surface area contributed by atoms with Crippen LogP contribution in [0.1, 0.15) is 301 Å². The van der Waals surface area contributed by atoms with E-state index >= 15 is 0 Å². The predicted molar refractivity (Wildman–Crippen MR) is 376 cm³/mol. The number of ether oxygens (including phenoxy) is 3. The van der Waals surface area contributed by atoms with E-state index in [0.717, 1.165) is 119 Å². The summed E-state index contributed by atoms with van der Waals surface area (Å²) in [6.45, 7) is 8.90. The molecule has 0 aliphatic heterocycles. The molecule has 3 amide bonds. The van der Waals surface area contributed by atoms with Crippen LogP contribution in [0.25, 0.3) is 0 Å². The molecule has 0 spiro atoms. The lowest BCUT2D eigenvalue weighted by Gasteiger charge is -2.23. The van der Waals surface area contributed by atoms with Crippen LogP contribution in [-0.2, 0) is 76.1 Å². The number of carbonyl (C=O) groups is 5. The Hall–Kier alpha value is -4.92. The van der Waals surface area contributed by atoms with Gasteiger partial charge in [-0.1, -0.05) is 298 Å². The van der Waals surface area contributed by atoms with Crippen LogP contribution in [0.5, 0.6) is 0 Å². The second-order valence-corrected chi connectivity index (χ2v) is 27.3. The average Bonchev–Trinajstić information content (AvgIpc) is 3.57. The molecule has 0 saturated carbocycles. The summed E-state index contributed by atoms with van der Waals surface area (Å²) in [6, 6.07) is 26.7. The van der Waals surface area contributed by atoms with E-state index in [-0.39, 0.29) is 89.0 Å². The van der Waals surface area contributed by atoms with Gasteiger partial charge in [0.15, 0.2) is 0 Å². The molecule has 3 rings (SSSR count). The zero-order valence-electron chi connectivity index (χ0n) is 58.3. The molecule has 0 radical (unpaired) electrons. The Bertz CT molecular complexity index is 2320. The maximum absolute atomic E-state index is 14.4. The molecule has 526 valence electrons. The number of hydrogen-bond acceptors (Lipinski definition) is 12. The van der Waals surface area contributed by atoms with E-state index in [1.54, 1.807) is 0 Å². The fourth-order valence-electron chi connectivity index (χ4n) is 11.3. The minimum atomic E-state index is -4.26. The number of carbonyl (C=O) groups excluding carboxylic acids is 5. The van der Waals surface area contributed by atoms with Crippen LogP contribution in [0.3, 0.4) is 0 Å². The lowest BCUT2D eigenvalue weighted by atomic mass is 10.0. The number of esters is 2. The van der Waals surface area contributed by atoms with E-state index in [1.165, 1.54) is 103 Å². The molecule has 15 nitrogen and oxygen atoms in total. The van der Waals surface area contributed by atoms with Crippen molar-refractivity contribution in [2.24, 2.45) is 0 Å². The molecule has 3 aromatic rings. The van der Waals surface area contributed by atoms with E-state index < -0.39 is 37.8 Å². The molecular formula is C77H126N3O12P. The van der Waals surface area contributed by atoms with Crippen molar-refractivity contribution in [3.63, 3.8) is 0 Å². The number of benzene rings is 3. The third-order valence-corrected chi connectivity index (χ3v) is 18.4. The summed E-state index contributed by atoms with van der Waals surface area (Å²) in [5, 5.41) is 9.08. The highest BCUT2D eigenvalue weighted by Crippen LogP contribution is 2.51. The number of amides is 3. The lowest BCUT2D eigenvalue weighted by Crippen LogP contribution is -2.48. The molecular weight excluding hydrogens is 1190 g/mol. The quantitative estimate of drug-likeness (QED) is 0.0275. The number of phosphoric acid groups is 1. The van der Waals surface area contributed by atoms with Crippen LogP contribution >= 0.6 is 7.82 Å². The van der Waals surface area contributed by atoms with Crippen LogP contribution < -0.4 is 16.0 Å². The van der Waals surface area contributed by atoms with Gasteiger partial charge >= 0.3 is 19.8 Å². The zero-order valence-corrected chi connectivity index (χ0v) is 59.2. The van der Waals surface area contributed by atoms with Gasteiger partial charge in [0, 0.05) is 25.8 Å². The SMILES string of the molecule is CCCCCCCCCCCC(=O)O[C@H](CCCCCCCCCCC)CC(=O)N[C@@H](CCOP(=O)(OCc1ccccc1)OCc1ccccc1)C(=O)NCCC[C@H](COC(=O)CCCCCC)NC(=O)C[C@H](CCCCCCCCCCC)OCc1ccccc1. The summed E-state index contributed by atoms with van der Waals surface area (Å²) in [6.07, 6.45) is 36.1. The second kappa shape index (κ2) is 56.3. The molecule has 0 aliphatic carbocycles. The summed E-state index contributed by atoms with van der Waals surface area (Å²) in [5.41, 5.74) is 2.54. The van der Waals surface area contributed by atoms with Crippen molar-refractivity contribution in [2.45, 2.75) is 329 Å². The molecule has 0 bridgehead atoms. The molecule has 3 aromatic carbocycles. The average molecular weight is 1320 g/mol. The van der Waals surface area contributed by atoms with Crippen LogP contribution in [-0.4, -0.2) is 73.7 Å². The normalized spacial score (nSPS) is 12.8. The topological polar surface area (TPSA) is 194 Å². The second-order valence-electron chi connectivity index (χ2n) is 25.7. The van der Waals surface area contributed by atoms with Crippen molar-refractivity contribution < 1.29 is 56.3 Å². The minimum absolute atomic E-state index is 0.0289. The summed E-state index contributed by atoms with van der Waals surface area (Å²) in [7, 11) is -4.26. The Labute approximate surface area is 563 Å². The molecule has 16 heteroatoms. The summed E-state index contributed by atoms with van der Waals surface area (Å²) < 4.78 is 50.5. The Morgan fingerprint density at radius 2 is 0.806 bits per heavy atom. The van der Waals surface area contributed by atoms with E-state index in [9.17, 15) is 28.5 Å². The van der Waals surface area contributed by atoms with Crippen molar-refractivity contribution in [3.05, 3.63) is 108 Å². The summed E-state index contributed by atoms with van der Waals surface area (Å²) >= 11 is 0. The molecule has 93 heavy (non-hydrogen) atoms. The van der Waals surface area contributed by atoms with Crippen molar-refractivity contribution in [2.75, 3.05) is 19.8 Å². The molecule has 0 aromatic heterocycles. The van der Waals surface area contributed by atoms with Gasteiger partial charge in [-0.15, -0.1) is 0 Å². The number of unbranched alkanes of at least 4 members (excludes halogenated alkanes) is 27. The fourth-order valence-corrected chi connectivity index (χ4v) is 12.5. The van der Waals surface area contributed by atoms with Gasteiger partial charge in [0.2, 0.25) is 17.7 Å². The number of phosphoric ester groups is 1. The van der Waals surface area contributed by atoms with E-state index in [2.05, 4.69) is 43.6 Å². The van der Waals surface area contributed by atoms with Gasteiger partial charge in [-0.05, 0) is 61.6 Å². The van der Waals surface area contributed by atoms with Crippen molar-refractivity contribution >= 4 is 37.5 Å². The zero-order chi connectivity index (χ0) is 66.9. The lowest BCUT2D eigenvalue weighted by molar-refractivity contribution is -0.151. The monoisotopic (exact) mass is 1320 g/mol. The first kappa shape index (κ1) is 82.3. The highest BCUT2D eigenvalue weighted by molar-refractivity contribution is 7.48. The molecule has 0 unspecified atom stereocenters. The first-order valence-electron chi connectivity index (χ1n) is 36.9. The van der Waals surface area contributed by atoms with E-state index in [1.807, 2.05) is 91.0 Å². The third-order valence-electron chi connectivity index (χ3n) is 17.0. The maximum Gasteiger partial charge on any atom is 0.475 e. The Balaban J connectivity index is 1.80. The number of hydrogen-bond donors (Lipinski definition) is 3. The van der Waals surface area contributed by atoms with Gasteiger partial charge in [0.25, 0.3) is 0 Å². The maximum atomic E-state index is 14.4. The Morgan fingerprint density at radius 3 is 1.29 bits per heavy atom. The van der Waals surface area contributed by atoms with Gasteiger partial charge in [-0.3, -0.25) is 37.5 Å². The standard InChI is InChI=1S/C77H126N3O12P/c1-5-9-13-17-20-23-26-29-41-53-70(87-62-66-46-35-32-36-47-66)60-73(81)79-69(65-88-75(83)55-43-16-12-8-4)52-45-58-78-77(85)72(57-59-89-93(86,90-63-67-48-37-33-38-49-67)91-64-68-50-39-34-40-51-68)80-74(82)61-71(54-42-30-27-24-21-18-14-10-6-2)92-76(84)56-44-31-28-25-22-19-15-11-7-3/h32-40,46-51,69-72H,5-31,41-45,52-65H2,1-4H3,(H,78,85)(H,79,81)(H,80,82)/t69-,70+,71-,72+/m1/s1. The highest BCUT2D eigenvalue weighted by Gasteiger charge is 2.30. The molecule has 4 atom stereocenters. The van der Waals surface area contributed by atoms with Gasteiger partial charge in [0.1, 0.15) is 18.8 Å². The smallest absolute Gasteiger partial charge is 0.463 e. The van der Waals surface area contributed by atoms with Crippen LogP contribution in [0.4, 0.5) is 0 Å². The summed E-state index contributed by atoms with van der Waals surface area (Å²) in [5.74, 6) is -1.83. The van der Waals surface area contributed by atoms with Crippen molar-refractivity contribution in [1.82, 2.24) is 16.0 Å². The van der Waals surface area contributed by atoms with Gasteiger partial charge in [0.05, 0.1) is 51.4 Å². The van der Waals surface area contributed by atoms with Crippen LogP contribution in [0.15, 0.2) is 91.0 Å². The van der Waals surface area contributed by atoms with Crippen molar-refractivity contribution in [3.8, 4) is 0 Å². The van der Waals surface area contributed by atoms with Gasteiger partial charge in [-0.25, -0.2) is 4.57 Å². The highest BCUT2D eigenvalue weighted by atomic mass is 31.2. The molecule has 0 aliphatic rings. The van der Waals surface area contributed by atoms with Gasteiger partial charge in [-0.2, -0.15) is 0 Å². The number of nitrogens with one attached hydrogen (secondary N) is 3. The first-order chi connectivity index (χ1) is 45.4. The molecule has 0 fully saturated rings. The Morgan fingerprint density at radius 1 is 0.409 bits per heavy atom. The van der Waals surface area contributed by atoms with Crippen molar-refractivity contribution in [1.29, 1.82) is 0 Å². The summed E-state index contributed by atoms with van der Waals surface area (Å²) in [4.78, 5) is 69.2. The van der Waals surface area contributed by atoms with Crippen LogP contribution in [0, 0.1) is 0 Å². The Kier molecular flexibility index (Phi) is 49.8. The molecule has 0 saturated heterocycles. The van der Waals surface area contributed by atoms with Crippen LogP contribution in [0.2, 0.25) is 0 Å². The van der Waals surface area contributed by atoms with Gasteiger partial charge < -0.3 is 30.2 Å². The fraction of sp³-hybridized carbons (Fsp3) is 0.701. The van der Waals surface area contributed by atoms with E-state index in [0.29, 0.717) is 25.9 Å². The minimum Gasteiger partial charge on any atom is -0.463 e. The predicted octanol–water partition coefficient (Wildman–Crippen LogP) is 19.4. The number of rotatable bonds is 62. The third kappa shape index (κ3) is 45.2.